The summed E-state index contributed by atoms with van der Waals surface area (Å²) in [7, 11) is -3.61. The van der Waals surface area contributed by atoms with Gasteiger partial charge in [0.05, 0.1) is 6.54 Å². The Morgan fingerprint density at radius 2 is 2.24 bits per heavy atom. The van der Waals surface area contributed by atoms with Crippen LogP contribution in [0.2, 0.25) is 0 Å². The van der Waals surface area contributed by atoms with Crippen molar-refractivity contribution >= 4 is 43.2 Å². The summed E-state index contributed by atoms with van der Waals surface area (Å²) >= 11 is 4.24. The summed E-state index contributed by atoms with van der Waals surface area (Å²) < 4.78 is 26.5. The minimum absolute atomic E-state index is 0.181. The van der Waals surface area contributed by atoms with E-state index in [0.717, 1.165) is 17.8 Å². The fourth-order valence-electron chi connectivity index (χ4n) is 1.02. The minimum Gasteiger partial charge on any atom is -0.355 e. The Bertz CT molecular complexity index is 484. The van der Waals surface area contributed by atoms with E-state index in [-0.39, 0.29) is 16.7 Å². The van der Waals surface area contributed by atoms with E-state index in [1.807, 2.05) is 6.92 Å². The standard InChI is InChI=1S/C9H13BrN2O3S2/c1-2-4-11-8(13)6-12-17(14,15)9-7(10)3-5-16-9/h3,5,12H,2,4,6H2,1H3,(H,11,13). The molecule has 0 bridgehead atoms. The third-order valence-electron chi connectivity index (χ3n) is 1.82. The van der Waals surface area contributed by atoms with Crippen molar-refractivity contribution in [2.45, 2.75) is 17.6 Å². The predicted molar refractivity (Wildman–Crippen MR) is 70.5 cm³/mol. The predicted octanol–water partition coefficient (Wildman–Crippen LogP) is 1.32. The minimum atomic E-state index is -3.61. The van der Waals surface area contributed by atoms with Crippen molar-refractivity contribution in [3.63, 3.8) is 0 Å². The molecule has 2 N–H and O–H groups in total. The highest BCUT2D eigenvalue weighted by molar-refractivity contribution is 9.10. The van der Waals surface area contributed by atoms with Gasteiger partial charge in [0, 0.05) is 11.0 Å². The molecule has 0 saturated carbocycles. The van der Waals surface area contributed by atoms with Gasteiger partial charge in [-0.05, 0) is 33.8 Å². The van der Waals surface area contributed by atoms with Crippen LogP contribution in [0.5, 0.6) is 0 Å². The number of sulfonamides is 1. The molecule has 0 aliphatic rings. The van der Waals surface area contributed by atoms with Gasteiger partial charge in [-0.15, -0.1) is 11.3 Å². The average molecular weight is 341 g/mol. The summed E-state index contributed by atoms with van der Waals surface area (Å²) in [6, 6.07) is 1.65. The molecule has 1 heterocycles. The maximum absolute atomic E-state index is 11.8. The fourth-order valence-corrected chi connectivity index (χ4v) is 4.39. The highest BCUT2D eigenvalue weighted by Gasteiger charge is 2.19. The zero-order valence-corrected chi connectivity index (χ0v) is 12.4. The lowest BCUT2D eigenvalue weighted by Crippen LogP contribution is -2.37. The van der Waals surface area contributed by atoms with Gasteiger partial charge in [0.2, 0.25) is 5.91 Å². The van der Waals surface area contributed by atoms with Gasteiger partial charge in [-0.1, -0.05) is 6.92 Å². The number of carbonyl (C=O) groups is 1. The third kappa shape index (κ3) is 4.38. The maximum Gasteiger partial charge on any atom is 0.251 e. The van der Waals surface area contributed by atoms with Gasteiger partial charge in [-0.25, -0.2) is 13.1 Å². The number of nitrogens with one attached hydrogen (secondary N) is 2. The molecule has 0 radical (unpaired) electrons. The SMILES string of the molecule is CCCNC(=O)CNS(=O)(=O)c1sccc1Br. The lowest BCUT2D eigenvalue weighted by molar-refractivity contribution is -0.119. The first-order valence-corrected chi connectivity index (χ1v) is 8.12. The van der Waals surface area contributed by atoms with Crippen molar-refractivity contribution in [2.75, 3.05) is 13.1 Å². The molecule has 1 aromatic heterocycles. The largest absolute Gasteiger partial charge is 0.355 e. The molecule has 8 heteroatoms. The Morgan fingerprint density at radius 3 is 2.76 bits per heavy atom. The van der Waals surface area contributed by atoms with Crippen molar-refractivity contribution in [1.82, 2.24) is 10.0 Å². The highest BCUT2D eigenvalue weighted by atomic mass is 79.9. The second kappa shape index (κ2) is 6.48. The molecule has 0 spiro atoms. The highest BCUT2D eigenvalue weighted by Crippen LogP contribution is 2.26. The van der Waals surface area contributed by atoms with Crippen LogP contribution in [0.1, 0.15) is 13.3 Å². The van der Waals surface area contributed by atoms with E-state index in [0.29, 0.717) is 11.0 Å². The summed E-state index contributed by atoms with van der Waals surface area (Å²) in [5, 5.41) is 4.25. The lowest BCUT2D eigenvalue weighted by Gasteiger charge is -2.06. The van der Waals surface area contributed by atoms with Crippen molar-refractivity contribution in [2.24, 2.45) is 0 Å². The number of halogens is 1. The van der Waals surface area contributed by atoms with Crippen LogP contribution in [0.15, 0.2) is 20.1 Å². The van der Waals surface area contributed by atoms with Gasteiger partial charge in [-0.2, -0.15) is 0 Å². The number of hydrogen-bond acceptors (Lipinski definition) is 4. The molecule has 0 aromatic carbocycles. The summed E-state index contributed by atoms with van der Waals surface area (Å²) in [4.78, 5) is 11.3. The van der Waals surface area contributed by atoms with Crippen LogP contribution in [-0.4, -0.2) is 27.4 Å². The first-order valence-electron chi connectivity index (χ1n) is 4.96. The smallest absolute Gasteiger partial charge is 0.251 e. The molecule has 1 rings (SSSR count). The van der Waals surface area contributed by atoms with Crippen LogP contribution < -0.4 is 10.0 Å². The summed E-state index contributed by atoms with van der Waals surface area (Å²) in [6.07, 6.45) is 0.814. The third-order valence-corrected chi connectivity index (χ3v) is 5.89. The van der Waals surface area contributed by atoms with Crippen LogP contribution in [0, 0.1) is 0 Å². The zero-order chi connectivity index (χ0) is 12.9. The Labute approximate surface area is 113 Å². The maximum atomic E-state index is 11.8. The van der Waals surface area contributed by atoms with Crippen LogP contribution in [0.4, 0.5) is 0 Å². The van der Waals surface area contributed by atoms with Gasteiger partial charge < -0.3 is 5.32 Å². The Hall–Kier alpha value is -0.440. The van der Waals surface area contributed by atoms with E-state index in [1.54, 1.807) is 11.4 Å². The topological polar surface area (TPSA) is 75.3 Å². The van der Waals surface area contributed by atoms with Gasteiger partial charge in [-0.3, -0.25) is 4.79 Å². The van der Waals surface area contributed by atoms with E-state index in [4.69, 9.17) is 0 Å². The van der Waals surface area contributed by atoms with E-state index in [2.05, 4.69) is 26.0 Å². The lowest BCUT2D eigenvalue weighted by atomic mass is 10.5. The van der Waals surface area contributed by atoms with E-state index < -0.39 is 10.0 Å². The number of hydrogen-bond donors (Lipinski definition) is 2. The second-order valence-corrected chi connectivity index (χ2v) is 6.96. The number of thiophene rings is 1. The average Bonchev–Trinajstić information content (AvgIpc) is 2.71. The van der Waals surface area contributed by atoms with Gasteiger partial charge in [0.25, 0.3) is 10.0 Å². The van der Waals surface area contributed by atoms with Crippen molar-refractivity contribution in [3.8, 4) is 0 Å². The van der Waals surface area contributed by atoms with Crippen LogP contribution in [-0.2, 0) is 14.8 Å². The molecule has 96 valence electrons. The monoisotopic (exact) mass is 340 g/mol. The van der Waals surface area contributed by atoms with Crippen LogP contribution in [0.25, 0.3) is 0 Å². The van der Waals surface area contributed by atoms with Gasteiger partial charge >= 0.3 is 0 Å². The Balaban J connectivity index is 2.57. The quantitative estimate of drug-likeness (QED) is 0.819. The number of rotatable bonds is 6. The first kappa shape index (κ1) is 14.6. The number of carbonyl (C=O) groups excluding carboxylic acids is 1. The molecule has 1 aromatic rings. The Kier molecular flexibility index (Phi) is 5.57. The molecule has 0 atom stereocenters. The van der Waals surface area contributed by atoms with Crippen molar-refractivity contribution < 1.29 is 13.2 Å². The normalized spacial score (nSPS) is 11.4. The molecule has 0 unspecified atom stereocenters. The molecule has 0 aliphatic carbocycles. The summed E-state index contributed by atoms with van der Waals surface area (Å²) in [6.45, 7) is 2.23. The summed E-state index contributed by atoms with van der Waals surface area (Å²) in [5.74, 6) is -0.330. The molecule has 5 nitrogen and oxygen atoms in total. The summed E-state index contributed by atoms with van der Waals surface area (Å²) in [5.41, 5.74) is 0. The molecule has 0 aliphatic heterocycles. The molecular formula is C9H13BrN2O3S2. The molecule has 0 saturated heterocycles. The van der Waals surface area contributed by atoms with Crippen molar-refractivity contribution in [3.05, 3.63) is 15.9 Å². The Morgan fingerprint density at radius 1 is 1.53 bits per heavy atom. The zero-order valence-electron chi connectivity index (χ0n) is 9.20. The van der Waals surface area contributed by atoms with E-state index >= 15 is 0 Å². The second-order valence-electron chi connectivity index (χ2n) is 3.23. The van der Waals surface area contributed by atoms with Crippen molar-refractivity contribution in [1.29, 1.82) is 0 Å². The van der Waals surface area contributed by atoms with E-state index in [1.165, 1.54) is 0 Å². The molecule has 1 amide bonds. The number of amides is 1. The van der Waals surface area contributed by atoms with Crippen LogP contribution in [0.3, 0.4) is 0 Å². The van der Waals surface area contributed by atoms with Gasteiger partial charge in [0.15, 0.2) is 0 Å². The first-order chi connectivity index (χ1) is 7.97. The van der Waals surface area contributed by atoms with E-state index in [9.17, 15) is 13.2 Å². The molecule has 0 fully saturated rings. The fraction of sp³-hybridized carbons (Fsp3) is 0.444. The molecule has 17 heavy (non-hydrogen) atoms. The van der Waals surface area contributed by atoms with Crippen LogP contribution >= 0.6 is 27.3 Å². The molecular weight excluding hydrogens is 328 g/mol. The van der Waals surface area contributed by atoms with Gasteiger partial charge in [0.1, 0.15) is 4.21 Å².